The zero-order chi connectivity index (χ0) is 7.56. The summed E-state index contributed by atoms with van der Waals surface area (Å²) in [5.41, 5.74) is 0. The van der Waals surface area contributed by atoms with Gasteiger partial charge in [-0.2, -0.15) is 5.90 Å². The Morgan fingerprint density at radius 1 is 1.10 bits per heavy atom. The maximum Gasteiger partial charge on any atom is 0.154 e. The van der Waals surface area contributed by atoms with E-state index in [9.17, 15) is 0 Å². The second-order valence-corrected chi connectivity index (χ2v) is 1.80. The summed E-state index contributed by atoms with van der Waals surface area (Å²) in [5.74, 6) is 4.82. The fourth-order valence-corrected chi connectivity index (χ4v) is 0.636. The third kappa shape index (κ3) is 1.29. The summed E-state index contributed by atoms with van der Waals surface area (Å²) >= 11 is 0. The summed E-state index contributed by atoms with van der Waals surface area (Å²) < 4.78 is 0. The molecular weight excluding hydrogens is 134 g/mol. The van der Waals surface area contributed by atoms with Gasteiger partial charge in [0.1, 0.15) is 11.5 Å². The fraction of sp³-hybridized carbons (Fsp3) is 0. The van der Waals surface area contributed by atoms with Crippen LogP contribution in [0.5, 0.6) is 17.2 Å². The molecule has 0 saturated heterocycles. The second kappa shape index (κ2) is 2.45. The Labute approximate surface area is 57.4 Å². The smallest absolute Gasteiger partial charge is 0.154 e. The standard InChI is InChI=1S/C6H7NO3/c7-10-6-2-4(8)1-5(9)3-6/h1-3,8-9H,7H2. The maximum atomic E-state index is 8.83. The first-order chi connectivity index (χ1) is 4.72. The highest BCUT2D eigenvalue weighted by Crippen LogP contribution is 2.24. The molecule has 0 aliphatic rings. The van der Waals surface area contributed by atoms with E-state index in [1.165, 1.54) is 18.2 Å². The number of aromatic hydroxyl groups is 2. The second-order valence-electron chi connectivity index (χ2n) is 1.80. The molecule has 54 valence electrons. The van der Waals surface area contributed by atoms with Gasteiger partial charge in [0.05, 0.1) is 0 Å². The Morgan fingerprint density at radius 2 is 1.60 bits per heavy atom. The largest absolute Gasteiger partial charge is 0.508 e. The molecule has 1 aromatic rings. The van der Waals surface area contributed by atoms with E-state index in [-0.39, 0.29) is 17.2 Å². The quantitative estimate of drug-likeness (QED) is 0.493. The highest BCUT2D eigenvalue weighted by molar-refractivity contribution is 5.40. The Bertz CT molecular complexity index is 216. The Balaban J connectivity index is 3.06. The van der Waals surface area contributed by atoms with Crippen LogP contribution in [0.2, 0.25) is 0 Å². The van der Waals surface area contributed by atoms with Gasteiger partial charge >= 0.3 is 0 Å². The molecule has 10 heavy (non-hydrogen) atoms. The lowest BCUT2D eigenvalue weighted by molar-refractivity contribution is 0.329. The molecule has 1 rings (SSSR count). The minimum Gasteiger partial charge on any atom is -0.508 e. The van der Waals surface area contributed by atoms with E-state index < -0.39 is 0 Å². The molecule has 0 fully saturated rings. The monoisotopic (exact) mass is 141 g/mol. The zero-order valence-electron chi connectivity index (χ0n) is 5.11. The van der Waals surface area contributed by atoms with Crippen LogP contribution < -0.4 is 10.7 Å². The summed E-state index contributed by atoms with van der Waals surface area (Å²) in [7, 11) is 0. The van der Waals surface area contributed by atoms with E-state index in [1.54, 1.807) is 0 Å². The van der Waals surface area contributed by atoms with Crippen LogP contribution in [0.3, 0.4) is 0 Å². The van der Waals surface area contributed by atoms with E-state index in [1.807, 2.05) is 0 Å². The average Bonchev–Trinajstić information content (AvgIpc) is 1.85. The van der Waals surface area contributed by atoms with Crippen molar-refractivity contribution in [1.29, 1.82) is 0 Å². The Kier molecular flexibility index (Phi) is 1.64. The van der Waals surface area contributed by atoms with Crippen molar-refractivity contribution in [3.05, 3.63) is 18.2 Å². The molecule has 4 N–H and O–H groups in total. The highest BCUT2D eigenvalue weighted by Gasteiger charge is 1.97. The van der Waals surface area contributed by atoms with Gasteiger partial charge < -0.3 is 15.1 Å². The predicted octanol–water partition coefficient (Wildman–Crippen LogP) is 0.350. The predicted molar refractivity (Wildman–Crippen MR) is 34.6 cm³/mol. The minimum absolute atomic E-state index is 0.0829. The number of benzene rings is 1. The first kappa shape index (κ1) is 6.70. The van der Waals surface area contributed by atoms with Gasteiger partial charge in [0.2, 0.25) is 0 Å². The molecule has 0 aliphatic heterocycles. The molecule has 1 aromatic carbocycles. The lowest BCUT2D eigenvalue weighted by atomic mass is 10.3. The summed E-state index contributed by atoms with van der Waals surface area (Å²) in [6.45, 7) is 0. The minimum atomic E-state index is -0.0829. The molecule has 0 saturated carbocycles. The van der Waals surface area contributed by atoms with Gasteiger partial charge in [-0.15, -0.1) is 0 Å². The maximum absolute atomic E-state index is 8.83. The lowest BCUT2D eigenvalue weighted by Crippen LogP contribution is -2.00. The number of hydrogen-bond donors (Lipinski definition) is 3. The summed E-state index contributed by atoms with van der Waals surface area (Å²) in [4.78, 5) is 4.26. The van der Waals surface area contributed by atoms with Crippen molar-refractivity contribution in [3.8, 4) is 17.2 Å². The van der Waals surface area contributed by atoms with Crippen molar-refractivity contribution in [1.82, 2.24) is 0 Å². The molecule has 4 heteroatoms. The van der Waals surface area contributed by atoms with Crippen LogP contribution >= 0.6 is 0 Å². The van der Waals surface area contributed by atoms with Crippen molar-refractivity contribution in [2.45, 2.75) is 0 Å². The molecule has 0 bridgehead atoms. The average molecular weight is 141 g/mol. The molecule has 0 heterocycles. The van der Waals surface area contributed by atoms with E-state index in [0.717, 1.165) is 0 Å². The lowest BCUT2D eigenvalue weighted by Gasteiger charge is -1.99. The Hall–Kier alpha value is -1.42. The van der Waals surface area contributed by atoms with Gasteiger partial charge in [0.25, 0.3) is 0 Å². The topological polar surface area (TPSA) is 75.7 Å². The zero-order valence-corrected chi connectivity index (χ0v) is 5.11. The van der Waals surface area contributed by atoms with Crippen LogP contribution in [0.1, 0.15) is 0 Å². The molecule has 0 amide bonds. The van der Waals surface area contributed by atoms with Crippen molar-refractivity contribution in [2.75, 3.05) is 0 Å². The summed E-state index contributed by atoms with van der Waals surface area (Å²) in [6.07, 6.45) is 0. The van der Waals surface area contributed by atoms with Crippen LogP contribution in [-0.4, -0.2) is 10.2 Å². The van der Waals surface area contributed by atoms with E-state index >= 15 is 0 Å². The van der Waals surface area contributed by atoms with Crippen molar-refractivity contribution in [3.63, 3.8) is 0 Å². The van der Waals surface area contributed by atoms with Crippen LogP contribution in [0.15, 0.2) is 18.2 Å². The van der Waals surface area contributed by atoms with Gasteiger partial charge in [0, 0.05) is 18.2 Å². The van der Waals surface area contributed by atoms with Gasteiger partial charge in [0.15, 0.2) is 5.75 Å². The van der Waals surface area contributed by atoms with E-state index in [2.05, 4.69) is 4.84 Å². The molecule has 0 unspecified atom stereocenters. The van der Waals surface area contributed by atoms with E-state index in [4.69, 9.17) is 16.1 Å². The number of phenolic OH excluding ortho intramolecular Hbond substituents is 2. The van der Waals surface area contributed by atoms with Gasteiger partial charge in [-0.1, -0.05) is 0 Å². The number of phenols is 2. The van der Waals surface area contributed by atoms with Crippen LogP contribution in [0.4, 0.5) is 0 Å². The number of nitrogens with two attached hydrogens (primary N) is 1. The van der Waals surface area contributed by atoms with Gasteiger partial charge in [-0.25, -0.2) is 0 Å². The fourth-order valence-electron chi connectivity index (χ4n) is 0.636. The Morgan fingerprint density at radius 3 is 2.00 bits per heavy atom. The third-order valence-corrected chi connectivity index (χ3v) is 1.01. The number of rotatable bonds is 1. The molecule has 0 radical (unpaired) electrons. The number of hydrogen-bond acceptors (Lipinski definition) is 4. The molecule has 0 aromatic heterocycles. The molecule has 4 nitrogen and oxygen atoms in total. The van der Waals surface area contributed by atoms with Crippen LogP contribution in [0, 0.1) is 0 Å². The first-order valence-electron chi connectivity index (χ1n) is 2.62. The molecule has 0 aliphatic carbocycles. The van der Waals surface area contributed by atoms with Crippen molar-refractivity contribution in [2.24, 2.45) is 5.90 Å². The first-order valence-corrected chi connectivity index (χ1v) is 2.62. The summed E-state index contributed by atoms with van der Waals surface area (Å²) in [5, 5.41) is 17.7. The van der Waals surface area contributed by atoms with Crippen molar-refractivity contribution >= 4 is 0 Å². The van der Waals surface area contributed by atoms with Crippen molar-refractivity contribution < 1.29 is 15.1 Å². The van der Waals surface area contributed by atoms with E-state index in [0.29, 0.717) is 0 Å². The van der Waals surface area contributed by atoms with Crippen LogP contribution in [-0.2, 0) is 0 Å². The normalized spacial score (nSPS) is 9.30. The van der Waals surface area contributed by atoms with Crippen LogP contribution in [0.25, 0.3) is 0 Å². The third-order valence-electron chi connectivity index (χ3n) is 1.01. The molecular formula is C6H7NO3. The SMILES string of the molecule is NOc1cc(O)cc(O)c1. The molecule has 0 spiro atoms. The summed E-state index contributed by atoms with van der Waals surface area (Å²) in [6, 6.07) is 3.77. The molecule has 0 atom stereocenters. The highest BCUT2D eigenvalue weighted by atomic mass is 16.6. The van der Waals surface area contributed by atoms with Gasteiger partial charge in [-0.3, -0.25) is 0 Å². The van der Waals surface area contributed by atoms with Gasteiger partial charge in [-0.05, 0) is 0 Å².